The second-order valence-electron chi connectivity index (χ2n) is 4.89. The van der Waals surface area contributed by atoms with Crippen molar-refractivity contribution < 1.29 is 23.8 Å². The van der Waals surface area contributed by atoms with E-state index in [4.69, 9.17) is 14.3 Å². The molecule has 2 N–H and O–H groups in total. The Bertz CT molecular complexity index is 706. The lowest BCUT2D eigenvalue weighted by Gasteiger charge is -2.15. The average Bonchev–Trinajstić information content (AvgIpc) is 2.86. The first kappa shape index (κ1) is 15.6. The van der Waals surface area contributed by atoms with Crippen molar-refractivity contribution in [2.75, 3.05) is 5.32 Å². The van der Waals surface area contributed by atoms with Crippen LogP contribution in [0.15, 0.2) is 29.0 Å². The van der Waals surface area contributed by atoms with E-state index in [1.807, 2.05) is 13.8 Å². The maximum absolute atomic E-state index is 12.2. The molecule has 0 aliphatic carbocycles. The van der Waals surface area contributed by atoms with Gasteiger partial charge in [-0.2, -0.15) is 0 Å². The molecule has 0 saturated heterocycles. The Morgan fingerprint density at radius 3 is 2.64 bits per heavy atom. The molecule has 7 nitrogen and oxygen atoms in total. The number of aromatic carboxylic acids is 1. The van der Waals surface area contributed by atoms with Gasteiger partial charge in [0.15, 0.2) is 12.1 Å². The summed E-state index contributed by atoms with van der Waals surface area (Å²) in [6.45, 7) is 5.28. The Balaban J connectivity index is 2.34. The number of carbonyl (C=O) groups is 2. The van der Waals surface area contributed by atoms with Crippen LogP contribution >= 0.6 is 0 Å². The summed E-state index contributed by atoms with van der Waals surface area (Å²) < 4.78 is 10.6. The largest absolute Gasteiger partial charge is 0.489 e. The highest BCUT2D eigenvalue weighted by atomic mass is 16.5. The molecule has 1 amide bonds. The van der Waals surface area contributed by atoms with Crippen molar-refractivity contribution in [1.82, 2.24) is 4.98 Å². The number of anilines is 1. The Labute approximate surface area is 126 Å². The van der Waals surface area contributed by atoms with E-state index in [2.05, 4.69) is 10.3 Å². The molecule has 0 aliphatic rings. The van der Waals surface area contributed by atoms with Crippen LogP contribution in [0.2, 0.25) is 0 Å². The predicted molar refractivity (Wildman–Crippen MR) is 78.4 cm³/mol. The minimum Gasteiger partial charge on any atom is -0.489 e. The zero-order valence-electron chi connectivity index (χ0n) is 12.4. The van der Waals surface area contributed by atoms with E-state index < -0.39 is 11.9 Å². The van der Waals surface area contributed by atoms with E-state index in [9.17, 15) is 9.59 Å². The van der Waals surface area contributed by atoms with Gasteiger partial charge in [-0.25, -0.2) is 9.78 Å². The van der Waals surface area contributed by atoms with E-state index in [1.165, 1.54) is 24.6 Å². The smallest absolute Gasteiger partial charge is 0.335 e. The summed E-state index contributed by atoms with van der Waals surface area (Å²) in [4.78, 5) is 27.1. The van der Waals surface area contributed by atoms with Crippen LogP contribution in [-0.4, -0.2) is 28.1 Å². The summed E-state index contributed by atoms with van der Waals surface area (Å²) in [5.74, 6) is -0.834. The monoisotopic (exact) mass is 304 g/mol. The van der Waals surface area contributed by atoms with Gasteiger partial charge in [0, 0.05) is 0 Å². The van der Waals surface area contributed by atoms with Crippen LogP contribution in [0, 0.1) is 6.92 Å². The number of carboxylic acids is 1. The Hall–Kier alpha value is -2.83. The van der Waals surface area contributed by atoms with Gasteiger partial charge in [-0.05, 0) is 39.0 Å². The summed E-state index contributed by atoms with van der Waals surface area (Å²) in [5, 5.41) is 11.7. The van der Waals surface area contributed by atoms with Crippen molar-refractivity contribution in [2.45, 2.75) is 26.9 Å². The van der Waals surface area contributed by atoms with E-state index in [1.54, 1.807) is 6.92 Å². The van der Waals surface area contributed by atoms with Crippen LogP contribution in [0.1, 0.15) is 40.5 Å². The molecule has 7 heteroatoms. The first-order valence-corrected chi connectivity index (χ1v) is 6.64. The van der Waals surface area contributed by atoms with E-state index in [0.29, 0.717) is 11.5 Å². The maximum atomic E-state index is 12.2. The molecule has 0 aliphatic heterocycles. The minimum atomic E-state index is -1.09. The molecule has 1 heterocycles. The van der Waals surface area contributed by atoms with Crippen LogP contribution in [0.25, 0.3) is 0 Å². The molecule has 2 aromatic rings. The number of hydrogen-bond donors (Lipinski definition) is 2. The topological polar surface area (TPSA) is 102 Å². The maximum Gasteiger partial charge on any atom is 0.335 e. The van der Waals surface area contributed by atoms with Crippen molar-refractivity contribution in [3.05, 3.63) is 41.6 Å². The molecule has 0 radical (unpaired) electrons. The molecule has 1 aromatic carbocycles. The number of ether oxygens (including phenoxy) is 1. The van der Waals surface area contributed by atoms with Crippen LogP contribution < -0.4 is 10.1 Å². The Morgan fingerprint density at radius 2 is 2.09 bits per heavy atom. The fraction of sp³-hybridized carbons (Fsp3) is 0.267. The van der Waals surface area contributed by atoms with Crippen LogP contribution in [0.4, 0.5) is 5.69 Å². The lowest BCUT2D eigenvalue weighted by molar-refractivity contribution is 0.0696. The van der Waals surface area contributed by atoms with Crippen molar-refractivity contribution in [1.29, 1.82) is 0 Å². The number of oxazole rings is 1. The fourth-order valence-corrected chi connectivity index (χ4v) is 1.82. The zero-order valence-corrected chi connectivity index (χ0v) is 12.4. The van der Waals surface area contributed by atoms with Gasteiger partial charge in [0.25, 0.3) is 5.91 Å². The summed E-state index contributed by atoms with van der Waals surface area (Å²) in [7, 11) is 0. The van der Waals surface area contributed by atoms with Crippen molar-refractivity contribution in [2.24, 2.45) is 0 Å². The van der Waals surface area contributed by atoms with Crippen molar-refractivity contribution in [3.8, 4) is 5.75 Å². The lowest BCUT2D eigenvalue weighted by Crippen LogP contribution is -2.16. The van der Waals surface area contributed by atoms with Gasteiger partial charge >= 0.3 is 5.97 Å². The predicted octanol–water partition coefficient (Wildman–Crippen LogP) is 2.72. The molecule has 22 heavy (non-hydrogen) atoms. The number of aromatic nitrogens is 1. The summed E-state index contributed by atoms with van der Waals surface area (Å²) >= 11 is 0. The first-order valence-electron chi connectivity index (χ1n) is 6.64. The van der Waals surface area contributed by atoms with E-state index >= 15 is 0 Å². The number of nitrogens with zero attached hydrogens (tertiary/aromatic N) is 1. The molecular formula is C15H16N2O5. The third-order valence-corrected chi connectivity index (χ3v) is 2.80. The highest BCUT2D eigenvalue weighted by Crippen LogP contribution is 2.27. The van der Waals surface area contributed by atoms with Crippen molar-refractivity contribution in [3.63, 3.8) is 0 Å². The Morgan fingerprint density at radius 1 is 1.36 bits per heavy atom. The van der Waals surface area contributed by atoms with Crippen LogP contribution in [0.5, 0.6) is 5.75 Å². The van der Waals surface area contributed by atoms with Gasteiger partial charge in [-0.3, -0.25) is 4.79 Å². The number of carbonyl (C=O) groups excluding carboxylic acids is 1. The first-order chi connectivity index (χ1) is 10.4. The summed E-state index contributed by atoms with van der Waals surface area (Å²) in [5.41, 5.74) is 0.445. The third kappa shape index (κ3) is 3.43. The van der Waals surface area contributed by atoms with Crippen LogP contribution in [0.3, 0.4) is 0 Å². The molecule has 2 rings (SSSR count). The fourth-order valence-electron chi connectivity index (χ4n) is 1.82. The van der Waals surface area contributed by atoms with Crippen LogP contribution in [-0.2, 0) is 0 Å². The number of amides is 1. The summed E-state index contributed by atoms with van der Waals surface area (Å²) in [6, 6.07) is 4.26. The van der Waals surface area contributed by atoms with Gasteiger partial charge in [-0.1, -0.05) is 0 Å². The van der Waals surface area contributed by atoms with Gasteiger partial charge in [0.2, 0.25) is 0 Å². The standard InChI is InChI=1S/C15H16N2O5/c1-8(2)22-12-5-4-10(15(19)20)6-11(12)17-14(18)13-9(3)21-7-16-13/h4-8H,1-3H3,(H,17,18)(H,19,20). The van der Waals surface area contributed by atoms with Gasteiger partial charge in [0.1, 0.15) is 11.5 Å². The van der Waals surface area contributed by atoms with Gasteiger partial charge in [-0.15, -0.1) is 0 Å². The number of carboxylic acid groups (broad SMARTS) is 1. The Kier molecular flexibility index (Phi) is 4.45. The molecular weight excluding hydrogens is 288 g/mol. The van der Waals surface area contributed by atoms with Gasteiger partial charge in [0.05, 0.1) is 17.4 Å². The van der Waals surface area contributed by atoms with E-state index in [-0.39, 0.29) is 23.0 Å². The second-order valence-corrected chi connectivity index (χ2v) is 4.89. The average molecular weight is 304 g/mol. The molecule has 0 unspecified atom stereocenters. The molecule has 1 aromatic heterocycles. The molecule has 0 saturated carbocycles. The van der Waals surface area contributed by atoms with Crippen molar-refractivity contribution >= 4 is 17.6 Å². The molecule has 0 atom stereocenters. The number of nitrogens with one attached hydrogen (secondary N) is 1. The number of hydrogen-bond acceptors (Lipinski definition) is 5. The minimum absolute atomic E-state index is 0.0447. The molecule has 0 bridgehead atoms. The van der Waals surface area contributed by atoms with Gasteiger partial charge < -0.3 is 19.6 Å². The SMILES string of the molecule is Cc1ocnc1C(=O)Nc1cc(C(=O)O)ccc1OC(C)C. The van der Waals surface area contributed by atoms with E-state index in [0.717, 1.165) is 0 Å². The molecule has 0 fully saturated rings. The number of aryl methyl sites for hydroxylation is 1. The highest BCUT2D eigenvalue weighted by Gasteiger charge is 2.17. The number of rotatable bonds is 5. The zero-order chi connectivity index (χ0) is 16.3. The lowest BCUT2D eigenvalue weighted by atomic mass is 10.1. The third-order valence-electron chi connectivity index (χ3n) is 2.80. The second kappa shape index (κ2) is 6.30. The molecule has 116 valence electrons. The quantitative estimate of drug-likeness (QED) is 0.880. The normalized spacial score (nSPS) is 10.5. The number of benzene rings is 1. The highest BCUT2D eigenvalue weighted by molar-refractivity contribution is 6.05. The molecule has 0 spiro atoms. The summed E-state index contributed by atoms with van der Waals surface area (Å²) in [6.07, 6.45) is 1.05.